The number of benzene rings is 1. The van der Waals surface area contributed by atoms with E-state index in [2.05, 4.69) is 10.3 Å². The van der Waals surface area contributed by atoms with Crippen molar-refractivity contribution in [2.45, 2.75) is 19.1 Å². The van der Waals surface area contributed by atoms with Crippen LogP contribution in [0.4, 0.5) is 24.7 Å². The van der Waals surface area contributed by atoms with Crippen molar-refractivity contribution < 1.29 is 13.2 Å². The van der Waals surface area contributed by atoms with E-state index in [4.69, 9.17) is 5.73 Å². The molecule has 1 unspecified atom stereocenters. The Bertz CT molecular complexity index is 582. The molecular formula is C14H14F3N3. The highest BCUT2D eigenvalue weighted by Crippen LogP contribution is 2.32. The maximum Gasteiger partial charge on any atom is 0.417 e. The second-order valence-corrected chi connectivity index (χ2v) is 4.43. The van der Waals surface area contributed by atoms with Crippen molar-refractivity contribution in [2.24, 2.45) is 0 Å². The Morgan fingerprint density at radius 1 is 1.20 bits per heavy atom. The van der Waals surface area contributed by atoms with Gasteiger partial charge in [-0.3, -0.25) is 0 Å². The molecule has 1 heterocycles. The van der Waals surface area contributed by atoms with Crippen molar-refractivity contribution in [1.29, 1.82) is 0 Å². The van der Waals surface area contributed by atoms with Gasteiger partial charge in [0.25, 0.3) is 0 Å². The average molecular weight is 281 g/mol. The van der Waals surface area contributed by atoms with Crippen LogP contribution in [-0.2, 0) is 6.18 Å². The summed E-state index contributed by atoms with van der Waals surface area (Å²) in [6.45, 7) is 1.84. The van der Waals surface area contributed by atoms with Gasteiger partial charge in [0.15, 0.2) is 0 Å². The fourth-order valence-corrected chi connectivity index (χ4v) is 1.80. The third-order valence-electron chi connectivity index (χ3n) is 2.92. The van der Waals surface area contributed by atoms with Crippen molar-refractivity contribution in [3.8, 4) is 0 Å². The van der Waals surface area contributed by atoms with E-state index in [1.165, 1.54) is 0 Å². The van der Waals surface area contributed by atoms with Gasteiger partial charge in [-0.25, -0.2) is 4.98 Å². The van der Waals surface area contributed by atoms with Crippen LogP contribution in [-0.4, -0.2) is 4.98 Å². The van der Waals surface area contributed by atoms with E-state index in [0.29, 0.717) is 0 Å². The highest BCUT2D eigenvalue weighted by Gasteiger charge is 2.31. The fraction of sp³-hybridized carbons (Fsp3) is 0.214. The highest BCUT2D eigenvalue weighted by atomic mass is 19.4. The van der Waals surface area contributed by atoms with Crippen molar-refractivity contribution in [3.05, 3.63) is 53.7 Å². The number of hydrogen-bond acceptors (Lipinski definition) is 3. The molecule has 1 atom stereocenters. The molecule has 0 aliphatic rings. The first kappa shape index (κ1) is 14.2. The van der Waals surface area contributed by atoms with E-state index in [1.807, 2.05) is 37.3 Å². The SMILES string of the molecule is CC(Nc1cc(C(F)(F)F)cnc1N)c1ccccc1. The molecule has 0 aliphatic carbocycles. The van der Waals surface area contributed by atoms with Gasteiger partial charge in [0.2, 0.25) is 0 Å². The van der Waals surface area contributed by atoms with Gasteiger partial charge >= 0.3 is 6.18 Å². The minimum Gasteiger partial charge on any atom is -0.382 e. The first-order valence-corrected chi connectivity index (χ1v) is 6.02. The van der Waals surface area contributed by atoms with Gasteiger partial charge in [0.05, 0.1) is 11.3 Å². The largest absolute Gasteiger partial charge is 0.417 e. The van der Waals surface area contributed by atoms with Crippen LogP contribution in [0.2, 0.25) is 0 Å². The summed E-state index contributed by atoms with van der Waals surface area (Å²) >= 11 is 0. The summed E-state index contributed by atoms with van der Waals surface area (Å²) in [4.78, 5) is 3.59. The van der Waals surface area contributed by atoms with Crippen LogP contribution in [0.1, 0.15) is 24.1 Å². The number of nitrogen functional groups attached to an aromatic ring is 1. The number of pyridine rings is 1. The first-order valence-electron chi connectivity index (χ1n) is 6.02. The lowest BCUT2D eigenvalue weighted by Crippen LogP contribution is -2.12. The van der Waals surface area contributed by atoms with E-state index in [1.54, 1.807) is 0 Å². The Kier molecular flexibility index (Phi) is 3.83. The molecule has 20 heavy (non-hydrogen) atoms. The van der Waals surface area contributed by atoms with E-state index in [0.717, 1.165) is 17.8 Å². The van der Waals surface area contributed by atoms with Crippen molar-refractivity contribution in [3.63, 3.8) is 0 Å². The van der Waals surface area contributed by atoms with Crippen LogP contribution in [0.15, 0.2) is 42.6 Å². The molecule has 3 nitrogen and oxygen atoms in total. The quantitative estimate of drug-likeness (QED) is 0.898. The summed E-state index contributed by atoms with van der Waals surface area (Å²) < 4.78 is 38.0. The molecular weight excluding hydrogens is 267 g/mol. The molecule has 1 aromatic heterocycles. The van der Waals surface area contributed by atoms with E-state index < -0.39 is 11.7 Å². The molecule has 0 radical (unpaired) electrons. The van der Waals surface area contributed by atoms with Gasteiger partial charge in [-0.15, -0.1) is 0 Å². The summed E-state index contributed by atoms with van der Waals surface area (Å²) in [5.41, 5.74) is 5.92. The summed E-state index contributed by atoms with van der Waals surface area (Å²) in [6, 6.07) is 10.2. The molecule has 0 aliphatic heterocycles. The Hall–Kier alpha value is -2.24. The zero-order valence-corrected chi connectivity index (χ0v) is 10.8. The Labute approximate surface area is 114 Å². The fourth-order valence-electron chi connectivity index (χ4n) is 1.80. The van der Waals surface area contributed by atoms with Gasteiger partial charge < -0.3 is 11.1 Å². The lowest BCUT2D eigenvalue weighted by Gasteiger charge is -2.18. The predicted octanol–water partition coefficient (Wildman–Crippen LogP) is 3.86. The second kappa shape index (κ2) is 5.40. The average Bonchev–Trinajstić information content (AvgIpc) is 2.41. The lowest BCUT2D eigenvalue weighted by atomic mass is 10.1. The number of anilines is 2. The summed E-state index contributed by atoms with van der Waals surface area (Å²) in [7, 11) is 0. The van der Waals surface area contributed by atoms with E-state index >= 15 is 0 Å². The molecule has 2 aromatic rings. The molecule has 106 valence electrons. The number of hydrogen-bond donors (Lipinski definition) is 2. The number of rotatable bonds is 3. The number of alkyl halides is 3. The van der Waals surface area contributed by atoms with Gasteiger partial charge in [-0.1, -0.05) is 30.3 Å². The smallest absolute Gasteiger partial charge is 0.382 e. The Balaban J connectivity index is 2.25. The minimum atomic E-state index is -4.44. The second-order valence-electron chi connectivity index (χ2n) is 4.43. The Morgan fingerprint density at radius 2 is 1.85 bits per heavy atom. The maximum absolute atomic E-state index is 12.7. The van der Waals surface area contributed by atoms with Crippen LogP contribution in [0, 0.1) is 0 Å². The molecule has 6 heteroatoms. The van der Waals surface area contributed by atoms with Gasteiger partial charge in [0, 0.05) is 12.2 Å². The normalized spacial score (nSPS) is 13.0. The molecule has 0 bridgehead atoms. The van der Waals surface area contributed by atoms with Gasteiger partial charge in [-0.05, 0) is 18.6 Å². The minimum absolute atomic E-state index is 0.0424. The van der Waals surface area contributed by atoms with E-state index in [-0.39, 0.29) is 17.5 Å². The lowest BCUT2D eigenvalue weighted by molar-refractivity contribution is -0.137. The molecule has 3 N–H and O–H groups in total. The number of halogens is 3. The first-order chi connectivity index (χ1) is 9.38. The molecule has 0 fully saturated rings. The zero-order valence-electron chi connectivity index (χ0n) is 10.8. The van der Waals surface area contributed by atoms with E-state index in [9.17, 15) is 13.2 Å². The third kappa shape index (κ3) is 3.20. The molecule has 2 rings (SSSR count). The molecule has 0 amide bonds. The van der Waals surface area contributed by atoms with Crippen molar-refractivity contribution >= 4 is 11.5 Å². The topological polar surface area (TPSA) is 50.9 Å². The van der Waals surface area contributed by atoms with Gasteiger partial charge in [0.1, 0.15) is 5.82 Å². The van der Waals surface area contributed by atoms with Crippen LogP contribution in [0.3, 0.4) is 0 Å². The number of nitrogens with one attached hydrogen (secondary N) is 1. The molecule has 0 saturated carbocycles. The van der Waals surface area contributed by atoms with Crippen LogP contribution >= 0.6 is 0 Å². The summed E-state index contributed by atoms with van der Waals surface area (Å²) in [5, 5.41) is 2.95. The number of aromatic nitrogens is 1. The maximum atomic E-state index is 12.7. The van der Waals surface area contributed by atoms with Gasteiger partial charge in [-0.2, -0.15) is 13.2 Å². The third-order valence-corrected chi connectivity index (χ3v) is 2.92. The number of nitrogens with zero attached hydrogens (tertiary/aromatic N) is 1. The highest BCUT2D eigenvalue weighted by molar-refractivity contribution is 5.63. The van der Waals surface area contributed by atoms with Crippen LogP contribution < -0.4 is 11.1 Å². The van der Waals surface area contributed by atoms with Crippen LogP contribution in [0.25, 0.3) is 0 Å². The van der Waals surface area contributed by atoms with Crippen molar-refractivity contribution in [2.75, 3.05) is 11.1 Å². The zero-order chi connectivity index (χ0) is 14.8. The Morgan fingerprint density at radius 3 is 2.45 bits per heavy atom. The predicted molar refractivity (Wildman–Crippen MR) is 72.1 cm³/mol. The molecule has 0 spiro atoms. The standard InChI is InChI=1S/C14H14F3N3/c1-9(10-5-3-2-4-6-10)20-12-7-11(14(15,16)17)8-19-13(12)18/h2-9,20H,1H3,(H2,18,19). The van der Waals surface area contributed by atoms with Crippen molar-refractivity contribution in [1.82, 2.24) is 4.98 Å². The molecule has 1 aromatic carbocycles. The summed E-state index contributed by atoms with van der Waals surface area (Å²) in [5.74, 6) is 0.0424. The molecule has 0 saturated heterocycles. The van der Waals surface area contributed by atoms with Crippen LogP contribution in [0.5, 0.6) is 0 Å². The monoisotopic (exact) mass is 281 g/mol. The number of nitrogens with two attached hydrogens (primary N) is 1. The summed E-state index contributed by atoms with van der Waals surface area (Å²) in [6.07, 6.45) is -3.71.